The van der Waals surface area contributed by atoms with Gasteiger partial charge in [-0.1, -0.05) is 6.92 Å². The summed E-state index contributed by atoms with van der Waals surface area (Å²) in [6.45, 7) is 7.02. The summed E-state index contributed by atoms with van der Waals surface area (Å²) in [6, 6.07) is 0. The van der Waals surface area contributed by atoms with E-state index in [1.54, 1.807) is 7.05 Å². The standard InChI is InChI=1S/C10H17N3O/c1-4-13-6-5-8-10(2,7-13)9(14)12(3)11-8/h4-7H2,1-3H3. The van der Waals surface area contributed by atoms with Crippen LogP contribution in [0.1, 0.15) is 20.3 Å². The number of likely N-dealkylation sites (tertiary alicyclic amines) is 1. The molecule has 0 saturated carbocycles. The molecule has 0 spiro atoms. The number of hydrogen-bond acceptors (Lipinski definition) is 3. The van der Waals surface area contributed by atoms with Crippen molar-refractivity contribution in [1.29, 1.82) is 0 Å². The molecule has 0 aromatic heterocycles. The number of rotatable bonds is 1. The van der Waals surface area contributed by atoms with Crippen LogP contribution < -0.4 is 0 Å². The molecule has 0 aliphatic carbocycles. The lowest BCUT2D eigenvalue weighted by molar-refractivity contribution is -0.135. The predicted molar refractivity (Wildman–Crippen MR) is 55.0 cm³/mol. The number of carbonyl (C=O) groups excluding carboxylic acids is 1. The largest absolute Gasteiger partial charge is 0.302 e. The molecule has 2 aliphatic heterocycles. The molecule has 2 aliphatic rings. The number of carbonyl (C=O) groups is 1. The molecular weight excluding hydrogens is 178 g/mol. The third-order valence-corrected chi connectivity index (χ3v) is 3.33. The van der Waals surface area contributed by atoms with Gasteiger partial charge < -0.3 is 4.90 Å². The van der Waals surface area contributed by atoms with Gasteiger partial charge >= 0.3 is 0 Å². The molecule has 14 heavy (non-hydrogen) atoms. The van der Waals surface area contributed by atoms with Crippen molar-refractivity contribution in [2.75, 3.05) is 26.7 Å². The Morgan fingerprint density at radius 2 is 2.29 bits per heavy atom. The molecule has 4 heteroatoms. The number of fused-ring (bicyclic) bond motifs is 1. The highest BCUT2D eigenvalue weighted by molar-refractivity contribution is 6.12. The van der Waals surface area contributed by atoms with Crippen molar-refractivity contribution < 1.29 is 4.79 Å². The Labute approximate surface area is 84.6 Å². The average molecular weight is 195 g/mol. The van der Waals surface area contributed by atoms with Gasteiger partial charge in [0.25, 0.3) is 5.91 Å². The summed E-state index contributed by atoms with van der Waals surface area (Å²) >= 11 is 0. The van der Waals surface area contributed by atoms with Crippen LogP contribution in [0.3, 0.4) is 0 Å². The number of amides is 1. The maximum atomic E-state index is 11.9. The van der Waals surface area contributed by atoms with Gasteiger partial charge in [0.1, 0.15) is 5.41 Å². The maximum Gasteiger partial charge on any atom is 0.255 e. The van der Waals surface area contributed by atoms with E-state index in [0.29, 0.717) is 0 Å². The Balaban J connectivity index is 2.26. The van der Waals surface area contributed by atoms with Crippen LogP contribution in [-0.4, -0.2) is 48.2 Å². The fourth-order valence-electron chi connectivity index (χ4n) is 2.36. The Kier molecular flexibility index (Phi) is 2.10. The van der Waals surface area contributed by atoms with Gasteiger partial charge in [-0.05, 0) is 13.5 Å². The fraction of sp³-hybridized carbons (Fsp3) is 0.800. The van der Waals surface area contributed by atoms with Gasteiger partial charge in [0.15, 0.2) is 0 Å². The quantitative estimate of drug-likeness (QED) is 0.612. The molecular formula is C10H17N3O. The van der Waals surface area contributed by atoms with Crippen molar-refractivity contribution in [3.63, 3.8) is 0 Å². The summed E-state index contributed by atoms with van der Waals surface area (Å²) in [4.78, 5) is 14.2. The molecule has 0 aromatic rings. The lowest BCUT2D eigenvalue weighted by Gasteiger charge is -2.36. The third-order valence-electron chi connectivity index (χ3n) is 3.33. The first-order valence-electron chi connectivity index (χ1n) is 5.16. The number of nitrogens with zero attached hydrogens (tertiary/aromatic N) is 3. The van der Waals surface area contributed by atoms with Gasteiger partial charge in [0, 0.05) is 26.6 Å². The Bertz CT molecular complexity index is 300. The van der Waals surface area contributed by atoms with Crippen LogP contribution in [0.4, 0.5) is 0 Å². The Hall–Kier alpha value is -0.900. The summed E-state index contributed by atoms with van der Waals surface area (Å²) in [5, 5.41) is 5.80. The summed E-state index contributed by atoms with van der Waals surface area (Å²) in [6.07, 6.45) is 0.931. The van der Waals surface area contributed by atoms with Crippen molar-refractivity contribution in [2.24, 2.45) is 10.5 Å². The third kappa shape index (κ3) is 1.17. The van der Waals surface area contributed by atoms with E-state index < -0.39 is 0 Å². The Morgan fingerprint density at radius 1 is 1.57 bits per heavy atom. The van der Waals surface area contributed by atoms with Gasteiger partial charge in [0.2, 0.25) is 0 Å². The fourth-order valence-corrected chi connectivity index (χ4v) is 2.36. The van der Waals surface area contributed by atoms with E-state index in [0.717, 1.165) is 31.8 Å². The summed E-state index contributed by atoms with van der Waals surface area (Å²) in [7, 11) is 1.75. The smallest absolute Gasteiger partial charge is 0.255 e. The van der Waals surface area contributed by atoms with Gasteiger partial charge in [-0.3, -0.25) is 4.79 Å². The van der Waals surface area contributed by atoms with Gasteiger partial charge in [-0.2, -0.15) is 5.10 Å². The van der Waals surface area contributed by atoms with Crippen molar-refractivity contribution in [3.8, 4) is 0 Å². The topological polar surface area (TPSA) is 35.9 Å². The van der Waals surface area contributed by atoms with E-state index in [1.165, 1.54) is 5.01 Å². The highest BCUT2D eigenvalue weighted by atomic mass is 16.2. The van der Waals surface area contributed by atoms with Crippen molar-refractivity contribution in [2.45, 2.75) is 20.3 Å². The molecule has 1 amide bonds. The predicted octanol–water partition coefficient (Wildman–Crippen LogP) is 0.546. The molecule has 2 rings (SSSR count). The molecule has 1 atom stereocenters. The number of hydrazone groups is 1. The molecule has 1 unspecified atom stereocenters. The van der Waals surface area contributed by atoms with Gasteiger partial charge in [-0.25, -0.2) is 5.01 Å². The van der Waals surface area contributed by atoms with Gasteiger partial charge in [0.05, 0.1) is 5.71 Å². The van der Waals surface area contributed by atoms with E-state index in [4.69, 9.17) is 0 Å². The lowest BCUT2D eigenvalue weighted by Crippen LogP contribution is -2.50. The summed E-state index contributed by atoms with van der Waals surface area (Å²) in [5.74, 6) is 0.144. The first-order chi connectivity index (χ1) is 6.58. The van der Waals surface area contributed by atoms with E-state index in [2.05, 4.69) is 16.9 Å². The molecule has 0 N–H and O–H groups in total. The van der Waals surface area contributed by atoms with E-state index in [9.17, 15) is 4.79 Å². The molecule has 0 aromatic carbocycles. The number of hydrogen-bond donors (Lipinski definition) is 0. The second kappa shape index (κ2) is 3.05. The van der Waals surface area contributed by atoms with Crippen LogP contribution in [0.25, 0.3) is 0 Å². The van der Waals surface area contributed by atoms with Crippen molar-refractivity contribution in [3.05, 3.63) is 0 Å². The highest BCUT2D eigenvalue weighted by Crippen LogP contribution is 2.33. The second-order valence-corrected chi connectivity index (χ2v) is 4.33. The van der Waals surface area contributed by atoms with Gasteiger partial charge in [-0.15, -0.1) is 0 Å². The van der Waals surface area contributed by atoms with Crippen LogP contribution in [0.15, 0.2) is 5.10 Å². The SMILES string of the molecule is CCN1CCC2=NN(C)C(=O)C2(C)C1. The van der Waals surface area contributed by atoms with Crippen molar-refractivity contribution >= 4 is 11.6 Å². The summed E-state index contributed by atoms with van der Waals surface area (Å²) < 4.78 is 0. The van der Waals surface area contributed by atoms with E-state index in [1.807, 2.05) is 6.92 Å². The first kappa shape index (κ1) is 9.65. The van der Waals surface area contributed by atoms with Crippen LogP contribution in [0, 0.1) is 5.41 Å². The minimum Gasteiger partial charge on any atom is -0.302 e. The van der Waals surface area contributed by atoms with E-state index in [-0.39, 0.29) is 11.3 Å². The van der Waals surface area contributed by atoms with Crippen LogP contribution in [0.5, 0.6) is 0 Å². The molecule has 1 fully saturated rings. The summed E-state index contributed by atoms with van der Waals surface area (Å²) in [5.41, 5.74) is 0.720. The van der Waals surface area contributed by atoms with Crippen molar-refractivity contribution in [1.82, 2.24) is 9.91 Å². The minimum absolute atomic E-state index is 0.144. The van der Waals surface area contributed by atoms with E-state index >= 15 is 0 Å². The zero-order valence-electron chi connectivity index (χ0n) is 9.08. The zero-order chi connectivity index (χ0) is 10.3. The average Bonchev–Trinajstić information content (AvgIpc) is 2.40. The molecule has 1 saturated heterocycles. The molecule has 2 heterocycles. The molecule has 0 bridgehead atoms. The van der Waals surface area contributed by atoms with Crippen LogP contribution in [0.2, 0.25) is 0 Å². The maximum absolute atomic E-state index is 11.9. The highest BCUT2D eigenvalue weighted by Gasteiger charge is 2.48. The Morgan fingerprint density at radius 3 is 2.93 bits per heavy atom. The molecule has 4 nitrogen and oxygen atoms in total. The normalized spacial score (nSPS) is 33.2. The zero-order valence-corrected chi connectivity index (χ0v) is 9.08. The number of piperidine rings is 1. The van der Waals surface area contributed by atoms with Crippen LogP contribution in [-0.2, 0) is 4.79 Å². The monoisotopic (exact) mass is 195 g/mol. The molecule has 78 valence electrons. The molecule has 0 radical (unpaired) electrons. The first-order valence-corrected chi connectivity index (χ1v) is 5.16. The second-order valence-electron chi connectivity index (χ2n) is 4.33. The minimum atomic E-state index is -0.344. The lowest BCUT2D eigenvalue weighted by atomic mass is 9.80. The van der Waals surface area contributed by atoms with Crippen LogP contribution >= 0.6 is 0 Å².